The number of carbonyl (C=O) groups is 3. The predicted octanol–water partition coefficient (Wildman–Crippen LogP) is 4.74. The van der Waals surface area contributed by atoms with Gasteiger partial charge in [0.25, 0.3) is 0 Å². The highest BCUT2D eigenvalue weighted by Gasteiger charge is 2.21. The van der Waals surface area contributed by atoms with Crippen LogP contribution in [0.4, 0.5) is 0 Å². The van der Waals surface area contributed by atoms with Crippen molar-refractivity contribution in [2.75, 3.05) is 65.6 Å². The van der Waals surface area contributed by atoms with Crippen molar-refractivity contribution >= 4 is 24.0 Å². The molecule has 9 heteroatoms. The highest BCUT2D eigenvalue weighted by atomic mass is 16.5. The Balaban J connectivity index is 3.00. The topological polar surface area (TPSA) is 99.6 Å². The number of ether oxygens (including phenoxy) is 2. The van der Waals surface area contributed by atoms with Gasteiger partial charge in [0, 0.05) is 38.6 Å². The second kappa shape index (κ2) is 22.8. The maximum Gasteiger partial charge on any atom is 0.320 e. The fourth-order valence-electron chi connectivity index (χ4n) is 4.96. The zero-order valence-electron chi connectivity index (χ0n) is 26.7. The molecule has 238 valence electrons. The van der Waals surface area contributed by atoms with E-state index in [1.807, 2.05) is 29.2 Å². The van der Waals surface area contributed by atoms with E-state index in [0.29, 0.717) is 32.2 Å². The molecule has 9 nitrogen and oxygen atoms in total. The van der Waals surface area contributed by atoms with E-state index in [2.05, 4.69) is 42.7 Å². The Morgan fingerprint density at radius 3 is 1.81 bits per heavy atom. The number of aryl methyl sites for hydroxylation is 1. The highest BCUT2D eigenvalue weighted by molar-refractivity contribution is 5.75. The average molecular weight is 590 g/mol. The summed E-state index contributed by atoms with van der Waals surface area (Å²) in [5.41, 5.74) is 2.11. The molecule has 1 unspecified atom stereocenters. The molecule has 0 heterocycles. The van der Waals surface area contributed by atoms with E-state index in [1.165, 1.54) is 0 Å². The van der Waals surface area contributed by atoms with Gasteiger partial charge in [-0.1, -0.05) is 57.2 Å². The molecule has 0 bridgehead atoms. The standard InChI is InChI=1S/C33H55N3O6/c1-6-20-34(21-7-2)22-24-36(25-23-35(26-32(39)41-9-4)27-33(40)42-10-5)30(8-3)13-11-12-28-14-16-29(17-15-28)18-19-31(37)38/h11-12,14-17,30H,6-10,13,18-27H2,1-5H3,(H,37,38). The van der Waals surface area contributed by atoms with Crippen LogP contribution >= 0.6 is 0 Å². The summed E-state index contributed by atoms with van der Waals surface area (Å²) in [5, 5.41) is 8.91. The Kier molecular flexibility index (Phi) is 20.2. The molecular formula is C33H55N3O6. The normalized spacial score (nSPS) is 12.4. The summed E-state index contributed by atoms with van der Waals surface area (Å²) in [4.78, 5) is 42.2. The van der Waals surface area contributed by atoms with Gasteiger partial charge in [-0.05, 0) is 70.2 Å². The summed E-state index contributed by atoms with van der Waals surface area (Å²) in [7, 11) is 0. The van der Waals surface area contributed by atoms with E-state index in [4.69, 9.17) is 14.6 Å². The second-order valence-corrected chi connectivity index (χ2v) is 10.5. The van der Waals surface area contributed by atoms with Crippen LogP contribution in [0.5, 0.6) is 0 Å². The minimum atomic E-state index is -0.786. The van der Waals surface area contributed by atoms with Gasteiger partial charge in [-0.25, -0.2) is 0 Å². The van der Waals surface area contributed by atoms with Gasteiger partial charge in [-0.3, -0.25) is 24.2 Å². The summed E-state index contributed by atoms with van der Waals surface area (Å²) in [6.45, 7) is 16.2. The van der Waals surface area contributed by atoms with E-state index in [-0.39, 0.29) is 31.4 Å². The monoisotopic (exact) mass is 589 g/mol. The van der Waals surface area contributed by atoms with Crippen LogP contribution in [-0.2, 0) is 30.3 Å². The largest absolute Gasteiger partial charge is 0.481 e. The van der Waals surface area contributed by atoms with Crippen molar-refractivity contribution in [1.29, 1.82) is 0 Å². The summed E-state index contributed by atoms with van der Waals surface area (Å²) in [6, 6.07) is 8.34. The maximum absolute atomic E-state index is 12.3. The molecule has 0 saturated heterocycles. The number of nitrogens with zero attached hydrogens (tertiary/aromatic N) is 3. The Labute approximate surface area is 253 Å². The van der Waals surface area contributed by atoms with Crippen LogP contribution in [0.3, 0.4) is 0 Å². The Bertz CT molecular complexity index is 895. The van der Waals surface area contributed by atoms with E-state index in [9.17, 15) is 14.4 Å². The van der Waals surface area contributed by atoms with E-state index >= 15 is 0 Å². The number of carboxylic acid groups (broad SMARTS) is 1. The third-order valence-electron chi connectivity index (χ3n) is 7.12. The summed E-state index contributed by atoms with van der Waals surface area (Å²) >= 11 is 0. The first-order chi connectivity index (χ1) is 20.3. The average Bonchev–Trinajstić information content (AvgIpc) is 2.95. The van der Waals surface area contributed by atoms with Crippen molar-refractivity contribution in [3.63, 3.8) is 0 Å². The molecule has 0 radical (unpaired) electrons. The van der Waals surface area contributed by atoms with Crippen molar-refractivity contribution in [3.05, 3.63) is 41.5 Å². The molecular weight excluding hydrogens is 534 g/mol. The lowest BCUT2D eigenvalue weighted by Gasteiger charge is -2.34. The quantitative estimate of drug-likeness (QED) is 0.171. The lowest BCUT2D eigenvalue weighted by Crippen LogP contribution is -2.46. The molecule has 0 aliphatic rings. The number of benzene rings is 1. The predicted molar refractivity (Wildman–Crippen MR) is 168 cm³/mol. The Hall–Kier alpha value is -2.75. The lowest BCUT2D eigenvalue weighted by molar-refractivity contribution is -0.148. The SMILES string of the molecule is CCCN(CCC)CCN(CCN(CC(=O)OCC)CC(=O)OCC)C(CC)CC=Cc1ccc(CCC(=O)O)cc1. The van der Waals surface area contributed by atoms with Crippen LogP contribution in [0.1, 0.15) is 77.8 Å². The Morgan fingerprint density at radius 1 is 0.786 bits per heavy atom. The van der Waals surface area contributed by atoms with Crippen molar-refractivity contribution in [2.24, 2.45) is 0 Å². The third-order valence-corrected chi connectivity index (χ3v) is 7.12. The number of esters is 2. The number of hydrogen-bond acceptors (Lipinski definition) is 8. The molecule has 0 spiro atoms. The zero-order chi connectivity index (χ0) is 31.2. The summed E-state index contributed by atoms with van der Waals surface area (Å²) in [5.74, 6) is -1.46. The first kappa shape index (κ1) is 37.3. The van der Waals surface area contributed by atoms with Gasteiger partial charge in [0.2, 0.25) is 0 Å². The van der Waals surface area contributed by atoms with Crippen molar-refractivity contribution in [1.82, 2.24) is 14.7 Å². The van der Waals surface area contributed by atoms with E-state index in [1.54, 1.807) is 13.8 Å². The molecule has 1 aromatic rings. The van der Waals surface area contributed by atoms with Crippen LogP contribution in [0.2, 0.25) is 0 Å². The number of hydrogen-bond donors (Lipinski definition) is 1. The van der Waals surface area contributed by atoms with Gasteiger partial charge in [0.1, 0.15) is 0 Å². The molecule has 1 atom stereocenters. The van der Waals surface area contributed by atoms with Crippen molar-refractivity contribution in [2.45, 2.75) is 79.2 Å². The van der Waals surface area contributed by atoms with E-state index < -0.39 is 5.97 Å². The van der Waals surface area contributed by atoms with Crippen molar-refractivity contribution in [3.8, 4) is 0 Å². The van der Waals surface area contributed by atoms with Crippen LogP contribution in [0.25, 0.3) is 6.08 Å². The number of carboxylic acids is 1. The smallest absolute Gasteiger partial charge is 0.320 e. The first-order valence-electron chi connectivity index (χ1n) is 15.7. The molecule has 42 heavy (non-hydrogen) atoms. The summed E-state index contributed by atoms with van der Waals surface area (Å²) < 4.78 is 10.3. The van der Waals surface area contributed by atoms with E-state index in [0.717, 1.165) is 69.5 Å². The minimum Gasteiger partial charge on any atom is -0.481 e. The molecule has 0 fully saturated rings. The van der Waals surface area contributed by atoms with Crippen LogP contribution < -0.4 is 0 Å². The molecule has 0 aliphatic carbocycles. The fourth-order valence-corrected chi connectivity index (χ4v) is 4.96. The molecule has 0 aromatic heterocycles. The van der Waals surface area contributed by atoms with Gasteiger partial charge < -0.3 is 19.5 Å². The van der Waals surface area contributed by atoms with Crippen LogP contribution in [0.15, 0.2) is 30.3 Å². The molecule has 1 rings (SSSR count). The number of carbonyl (C=O) groups excluding carboxylic acids is 2. The maximum atomic E-state index is 12.3. The highest BCUT2D eigenvalue weighted by Crippen LogP contribution is 2.14. The molecule has 1 aromatic carbocycles. The Morgan fingerprint density at radius 2 is 1.33 bits per heavy atom. The molecule has 0 aliphatic heterocycles. The number of rotatable bonds is 24. The van der Waals surface area contributed by atoms with Gasteiger partial charge in [0.15, 0.2) is 0 Å². The van der Waals surface area contributed by atoms with Crippen molar-refractivity contribution < 1.29 is 29.0 Å². The second-order valence-electron chi connectivity index (χ2n) is 10.5. The third kappa shape index (κ3) is 16.6. The molecule has 0 saturated carbocycles. The first-order valence-corrected chi connectivity index (χ1v) is 15.7. The van der Waals surface area contributed by atoms with Crippen LogP contribution in [0, 0.1) is 0 Å². The zero-order valence-corrected chi connectivity index (χ0v) is 26.7. The van der Waals surface area contributed by atoms with Gasteiger partial charge in [-0.15, -0.1) is 0 Å². The fraction of sp³-hybridized carbons (Fsp3) is 0.667. The molecule has 1 N–H and O–H groups in total. The van der Waals surface area contributed by atoms with Gasteiger partial charge in [0.05, 0.1) is 26.3 Å². The summed E-state index contributed by atoms with van der Waals surface area (Å²) in [6.07, 6.45) is 9.05. The van der Waals surface area contributed by atoms with Crippen LogP contribution in [-0.4, -0.2) is 109 Å². The molecule has 0 amide bonds. The number of aliphatic carboxylic acids is 1. The van der Waals surface area contributed by atoms with Gasteiger partial charge >= 0.3 is 17.9 Å². The van der Waals surface area contributed by atoms with Gasteiger partial charge in [-0.2, -0.15) is 0 Å². The lowest BCUT2D eigenvalue weighted by atomic mass is 10.0. The minimum absolute atomic E-state index is 0.0530.